The number of allylic oxidation sites excluding steroid dienone is 4. The van der Waals surface area contributed by atoms with E-state index in [1.165, 1.54) is 0 Å². The van der Waals surface area contributed by atoms with E-state index in [-0.39, 0.29) is 11.6 Å². The quantitative estimate of drug-likeness (QED) is 0.674. The average molecular weight is 234 g/mol. The molecule has 0 N–H and O–H groups in total. The van der Waals surface area contributed by atoms with Gasteiger partial charge in [-0.25, -0.2) is 0 Å². The Bertz CT molecular complexity index is 321. The van der Waals surface area contributed by atoms with Gasteiger partial charge in [-0.2, -0.15) is 0 Å². The van der Waals surface area contributed by atoms with E-state index >= 15 is 0 Å². The summed E-state index contributed by atoms with van der Waals surface area (Å²) in [5, 5.41) is 0. The average Bonchev–Trinajstić information content (AvgIpc) is 2.35. The number of carbonyl (C=O) groups excluding carboxylic acids is 2. The van der Waals surface area contributed by atoms with Crippen molar-refractivity contribution in [1.29, 1.82) is 0 Å². The van der Waals surface area contributed by atoms with Crippen molar-refractivity contribution in [2.45, 2.75) is 52.4 Å². The van der Waals surface area contributed by atoms with Crippen molar-refractivity contribution >= 4 is 11.6 Å². The molecule has 0 heterocycles. The number of ketones is 2. The van der Waals surface area contributed by atoms with Gasteiger partial charge in [0.15, 0.2) is 5.78 Å². The van der Waals surface area contributed by atoms with Crippen LogP contribution < -0.4 is 0 Å². The van der Waals surface area contributed by atoms with E-state index in [1.54, 1.807) is 12.2 Å². The standard InChI is InChI=1S/C15H22O2/c1-3-5-7-14(17)15(10-6-4-2)11-8-13(16)9-12-15/h8-9,11-12H,3-7,10H2,1-2H3. The summed E-state index contributed by atoms with van der Waals surface area (Å²) in [6.07, 6.45) is 12.2. The number of unbranched alkanes of at least 4 members (excludes halogenated alkanes) is 2. The molecule has 94 valence electrons. The summed E-state index contributed by atoms with van der Waals surface area (Å²) in [6, 6.07) is 0. The molecule has 0 saturated carbocycles. The highest BCUT2D eigenvalue weighted by Crippen LogP contribution is 2.33. The fourth-order valence-corrected chi connectivity index (χ4v) is 2.10. The molecule has 0 radical (unpaired) electrons. The first-order valence-electron chi connectivity index (χ1n) is 6.60. The monoisotopic (exact) mass is 234 g/mol. The highest BCUT2D eigenvalue weighted by atomic mass is 16.1. The summed E-state index contributed by atoms with van der Waals surface area (Å²) in [5.41, 5.74) is -0.501. The van der Waals surface area contributed by atoms with Gasteiger partial charge < -0.3 is 0 Å². The van der Waals surface area contributed by atoms with Crippen LogP contribution in [0.5, 0.6) is 0 Å². The van der Waals surface area contributed by atoms with Gasteiger partial charge in [0.1, 0.15) is 5.78 Å². The molecule has 1 aliphatic carbocycles. The molecule has 2 nitrogen and oxygen atoms in total. The third-order valence-electron chi connectivity index (χ3n) is 3.31. The van der Waals surface area contributed by atoms with E-state index in [0.29, 0.717) is 6.42 Å². The first-order chi connectivity index (χ1) is 8.14. The molecule has 0 aromatic heterocycles. The lowest BCUT2D eigenvalue weighted by molar-refractivity contribution is -0.124. The number of Topliss-reactive ketones (excluding diaryl/α,β-unsaturated/α-hetero) is 1. The van der Waals surface area contributed by atoms with Crippen LogP contribution >= 0.6 is 0 Å². The molecule has 0 aromatic carbocycles. The van der Waals surface area contributed by atoms with Gasteiger partial charge in [-0.15, -0.1) is 0 Å². The lowest BCUT2D eigenvalue weighted by Crippen LogP contribution is -2.29. The molecule has 0 aromatic rings. The Labute approximate surface area is 104 Å². The molecule has 17 heavy (non-hydrogen) atoms. The Morgan fingerprint density at radius 2 is 1.71 bits per heavy atom. The van der Waals surface area contributed by atoms with Gasteiger partial charge in [0.2, 0.25) is 0 Å². The van der Waals surface area contributed by atoms with Crippen LogP contribution in [0.25, 0.3) is 0 Å². The topological polar surface area (TPSA) is 34.1 Å². The molecule has 0 saturated heterocycles. The minimum atomic E-state index is -0.501. The molecular formula is C15H22O2. The molecule has 0 spiro atoms. The van der Waals surface area contributed by atoms with Crippen LogP contribution in [-0.2, 0) is 9.59 Å². The van der Waals surface area contributed by atoms with E-state index in [4.69, 9.17) is 0 Å². The number of hydrogen-bond acceptors (Lipinski definition) is 2. The van der Waals surface area contributed by atoms with Crippen molar-refractivity contribution in [1.82, 2.24) is 0 Å². The molecule has 0 bridgehead atoms. The van der Waals surface area contributed by atoms with Gasteiger partial charge in [0, 0.05) is 6.42 Å². The maximum atomic E-state index is 12.3. The second-order valence-electron chi connectivity index (χ2n) is 4.74. The summed E-state index contributed by atoms with van der Waals surface area (Å²) in [5.74, 6) is 0.244. The van der Waals surface area contributed by atoms with E-state index in [2.05, 4.69) is 13.8 Å². The van der Waals surface area contributed by atoms with Crippen LogP contribution in [0.15, 0.2) is 24.3 Å². The zero-order valence-electron chi connectivity index (χ0n) is 10.9. The van der Waals surface area contributed by atoms with Gasteiger partial charge >= 0.3 is 0 Å². The van der Waals surface area contributed by atoms with Crippen LogP contribution in [0, 0.1) is 5.41 Å². The minimum Gasteiger partial charge on any atom is -0.298 e. The van der Waals surface area contributed by atoms with E-state index < -0.39 is 5.41 Å². The van der Waals surface area contributed by atoms with E-state index in [1.807, 2.05) is 12.2 Å². The fraction of sp³-hybridized carbons (Fsp3) is 0.600. The SMILES string of the molecule is CCCCC(=O)C1(CCCC)C=CC(=O)C=C1. The van der Waals surface area contributed by atoms with Gasteiger partial charge in [0.05, 0.1) is 5.41 Å². The van der Waals surface area contributed by atoms with Crippen molar-refractivity contribution in [2.75, 3.05) is 0 Å². The molecule has 0 amide bonds. The molecule has 0 aliphatic heterocycles. The zero-order valence-corrected chi connectivity index (χ0v) is 10.9. The second-order valence-corrected chi connectivity index (χ2v) is 4.74. The predicted molar refractivity (Wildman–Crippen MR) is 69.8 cm³/mol. The first-order valence-corrected chi connectivity index (χ1v) is 6.60. The Kier molecular flexibility index (Phi) is 5.33. The van der Waals surface area contributed by atoms with Gasteiger partial charge in [0.25, 0.3) is 0 Å². The van der Waals surface area contributed by atoms with E-state index in [9.17, 15) is 9.59 Å². The minimum absolute atomic E-state index is 0.0135. The lowest BCUT2D eigenvalue weighted by atomic mass is 9.74. The number of hydrogen-bond donors (Lipinski definition) is 0. The van der Waals surface area contributed by atoms with Crippen LogP contribution in [0.4, 0.5) is 0 Å². The summed E-state index contributed by atoms with van der Waals surface area (Å²) in [6.45, 7) is 4.20. The van der Waals surface area contributed by atoms with Crippen LogP contribution in [0.3, 0.4) is 0 Å². The number of rotatable bonds is 7. The van der Waals surface area contributed by atoms with E-state index in [0.717, 1.165) is 32.1 Å². The Morgan fingerprint density at radius 1 is 1.12 bits per heavy atom. The van der Waals surface area contributed by atoms with Crippen LogP contribution in [0.1, 0.15) is 52.4 Å². The largest absolute Gasteiger partial charge is 0.298 e. The summed E-state index contributed by atoms with van der Waals surface area (Å²) < 4.78 is 0. The summed E-state index contributed by atoms with van der Waals surface area (Å²) in [7, 11) is 0. The fourth-order valence-electron chi connectivity index (χ4n) is 2.10. The summed E-state index contributed by atoms with van der Waals surface area (Å²) >= 11 is 0. The third kappa shape index (κ3) is 3.65. The second kappa shape index (κ2) is 6.53. The molecule has 2 heteroatoms. The molecule has 1 rings (SSSR count). The molecule has 0 atom stereocenters. The maximum absolute atomic E-state index is 12.3. The summed E-state index contributed by atoms with van der Waals surface area (Å²) in [4.78, 5) is 23.5. The maximum Gasteiger partial charge on any atom is 0.178 e. The van der Waals surface area contributed by atoms with Crippen molar-refractivity contribution in [3.05, 3.63) is 24.3 Å². The lowest BCUT2D eigenvalue weighted by Gasteiger charge is -2.27. The number of carbonyl (C=O) groups is 2. The normalized spacial score (nSPS) is 17.4. The first kappa shape index (κ1) is 13.9. The van der Waals surface area contributed by atoms with Gasteiger partial charge in [-0.1, -0.05) is 45.3 Å². The van der Waals surface area contributed by atoms with Crippen LogP contribution in [0.2, 0.25) is 0 Å². The van der Waals surface area contributed by atoms with Crippen LogP contribution in [-0.4, -0.2) is 11.6 Å². The Balaban J connectivity index is 2.79. The van der Waals surface area contributed by atoms with Crippen molar-refractivity contribution in [2.24, 2.45) is 5.41 Å². The van der Waals surface area contributed by atoms with Crippen molar-refractivity contribution in [3.63, 3.8) is 0 Å². The van der Waals surface area contributed by atoms with Gasteiger partial charge in [-0.05, 0) is 25.0 Å². The molecule has 0 fully saturated rings. The highest BCUT2D eigenvalue weighted by Gasteiger charge is 2.33. The molecule has 0 unspecified atom stereocenters. The van der Waals surface area contributed by atoms with Gasteiger partial charge in [-0.3, -0.25) is 9.59 Å². The Hall–Kier alpha value is -1.18. The zero-order chi connectivity index (χ0) is 12.7. The molecule has 1 aliphatic rings. The van der Waals surface area contributed by atoms with Crippen molar-refractivity contribution < 1.29 is 9.59 Å². The highest BCUT2D eigenvalue weighted by molar-refractivity contribution is 6.03. The third-order valence-corrected chi connectivity index (χ3v) is 3.31. The predicted octanol–water partition coefficient (Wildman–Crippen LogP) is 3.62. The Morgan fingerprint density at radius 3 is 2.24 bits per heavy atom. The smallest absolute Gasteiger partial charge is 0.178 e. The molecular weight excluding hydrogens is 212 g/mol. The van der Waals surface area contributed by atoms with Crippen molar-refractivity contribution in [3.8, 4) is 0 Å².